The SMILES string of the molecule is OC1CSCC1CCc1ccc2c(c1)CCO2. The first-order valence-electron chi connectivity index (χ1n) is 6.33. The van der Waals surface area contributed by atoms with E-state index >= 15 is 0 Å². The minimum absolute atomic E-state index is 0.0854. The van der Waals surface area contributed by atoms with E-state index in [0.717, 1.165) is 43.1 Å². The summed E-state index contributed by atoms with van der Waals surface area (Å²) in [6.45, 7) is 0.830. The molecule has 3 rings (SSSR count). The number of fused-ring (bicyclic) bond motifs is 1. The Bertz CT molecular complexity index is 405. The summed E-state index contributed by atoms with van der Waals surface area (Å²) in [4.78, 5) is 0. The Morgan fingerprint density at radius 3 is 3.12 bits per heavy atom. The Hall–Kier alpha value is -0.670. The van der Waals surface area contributed by atoms with E-state index in [1.54, 1.807) is 0 Å². The summed E-state index contributed by atoms with van der Waals surface area (Å²) in [6.07, 6.45) is 3.15. The van der Waals surface area contributed by atoms with Crippen molar-refractivity contribution in [2.45, 2.75) is 25.4 Å². The standard InChI is InChI=1S/C14H18O2S/c15-13-9-17-8-12(13)3-1-10-2-4-14-11(7-10)5-6-16-14/h2,4,7,12-13,15H,1,3,5-6,8-9H2. The smallest absolute Gasteiger partial charge is 0.122 e. The zero-order valence-electron chi connectivity index (χ0n) is 9.89. The van der Waals surface area contributed by atoms with Crippen molar-refractivity contribution in [2.75, 3.05) is 18.1 Å². The summed E-state index contributed by atoms with van der Waals surface area (Å²) in [5, 5.41) is 9.78. The molecule has 2 unspecified atom stereocenters. The van der Waals surface area contributed by atoms with Crippen LogP contribution in [-0.4, -0.2) is 29.3 Å². The fourth-order valence-corrected chi connectivity index (χ4v) is 3.95. The average Bonchev–Trinajstić information content (AvgIpc) is 2.94. The van der Waals surface area contributed by atoms with Crippen molar-refractivity contribution in [1.82, 2.24) is 0 Å². The van der Waals surface area contributed by atoms with Crippen LogP contribution in [0.5, 0.6) is 5.75 Å². The van der Waals surface area contributed by atoms with Crippen molar-refractivity contribution in [2.24, 2.45) is 5.92 Å². The lowest BCUT2D eigenvalue weighted by Gasteiger charge is -2.13. The number of aliphatic hydroxyl groups is 1. The van der Waals surface area contributed by atoms with Gasteiger partial charge in [0.15, 0.2) is 0 Å². The second-order valence-electron chi connectivity index (χ2n) is 4.94. The van der Waals surface area contributed by atoms with E-state index in [4.69, 9.17) is 4.74 Å². The topological polar surface area (TPSA) is 29.5 Å². The van der Waals surface area contributed by atoms with Crippen molar-refractivity contribution < 1.29 is 9.84 Å². The molecule has 0 saturated carbocycles. The van der Waals surface area contributed by atoms with E-state index in [-0.39, 0.29) is 6.10 Å². The molecule has 0 radical (unpaired) electrons. The highest BCUT2D eigenvalue weighted by Crippen LogP contribution is 2.30. The molecule has 0 aliphatic carbocycles. The Morgan fingerprint density at radius 1 is 1.35 bits per heavy atom. The number of aliphatic hydroxyl groups excluding tert-OH is 1. The average molecular weight is 250 g/mol. The van der Waals surface area contributed by atoms with Gasteiger partial charge in [-0.3, -0.25) is 0 Å². The summed E-state index contributed by atoms with van der Waals surface area (Å²) in [7, 11) is 0. The maximum Gasteiger partial charge on any atom is 0.122 e. The highest BCUT2D eigenvalue weighted by Gasteiger charge is 2.25. The number of ether oxygens (including phenoxy) is 1. The van der Waals surface area contributed by atoms with Gasteiger partial charge in [0.2, 0.25) is 0 Å². The quantitative estimate of drug-likeness (QED) is 0.892. The van der Waals surface area contributed by atoms with Gasteiger partial charge in [-0.2, -0.15) is 11.8 Å². The molecule has 1 aromatic carbocycles. The van der Waals surface area contributed by atoms with Gasteiger partial charge in [0.05, 0.1) is 12.7 Å². The molecule has 3 heteroatoms. The van der Waals surface area contributed by atoms with Crippen LogP contribution in [0, 0.1) is 5.92 Å². The lowest BCUT2D eigenvalue weighted by molar-refractivity contribution is 0.145. The van der Waals surface area contributed by atoms with Crippen LogP contribution in [0.1, 0.15) is 17.5 Å². The van der Waals surface area contributed by atoms with Crippen LogP contribution in [0.4, 0.5) is 0 Å². The first-order valence-corrected chi connectivity index (χ1v) is 7.49. The highest BCUT2D eigenvalue weighted by atomic mass is 32.2. The molecule has 2 nitrogen and oxygen atoms in total. The fraction of sp³-hybridized carbons (Fsp3) is 0.571. The highest BCUT2D eigenvalue weighted by molar-refractivity contribution is 7.99. The van der Waals surface area contributed by atoms with Gasteiger partial charge < -0.3 is 9.84 Å². The first kappa shape index (κ1) is 11.4. The number of thioether (sulfide) groups is 1. The van der Waals surface area contributed by atoms with Gasteiger partial charge in [0.1, 0.15) is 5.75 Å². The van der Waals surface area contributed by atoms with Gasteiger partial charge in [-0.05, 0) is 41.7 Å². The van der Waals surface area contributed by atoms with Crippen LogP contribution in [0.15, 0.2) is 18.2 Å². The van der Waals surface area contributed by atoms with Gasteiger partial charge in [0.25, 0.3) is 0 Å². The molecule has 1 saturated heterocycles. The molecule has 1 fully saturated rings. The largest absolute Gasteiger partial charge is 0.493 e. The number of rotatable bonds is 3. The summed E-state index contributed by atoms with van der Waals surface area (Å²) in [5.74, 6) is 3.59. The number of hydrogen-bond acceptors (Lipinski definition) is 3. The van der Waals surface area contributed by atoms with Crippen molar-refractivity contribution >= 4 is 11.8 Å². The maximum absolute atomic E-state index is 9.78. The third kappa shape index (κ3) is 2.45. The van der Waals surface area contributed by atoms with Gasteiger partial charge in [-0.15, -0.1) is 0 Å². The molecular formula is C14H18O2S. The Kier molecular flexibility index (Phi) is 3.30. The van der Waals surface area contributed by atoms with Crippen LogP contribution >= 0.6 is 11.8 Å². The zero-order chi connectivity index (χ0) is 11.7. The van der Waals surface area contributed by atoms with Crippen LogP contribution in [-0.2, 0) is 12.8 Å². The van der Waals surface area contributed by atoms with E-state index < -0.39 is 0 Å². The molecule has 2 heterocycles. The van der Waals surface area contributed by atoms with Crippen LogP contribution in [0.25, 0.3) is 0 Å². The number of aryl methyl sites for hydroxylation is 1. The van der Waals surface area contributed by atoms with Gasteiger partial charge in [-0.25, -0.2) is 0 Å². The van der Waals surface area contributed by atoms with E-state index in [0.29, 0.717) is 5.92 Å². The summed E-state index contributed by atoms with van der Waals surface area (Å²) >= 11 is 1.88. The fourth-order valence-electron chi connectivity index (χ4n) is 2.61. The van der Waals surface area contributed by atoms with Gasteiger partial charge in [-0.1, -0.05) is 12.1 Å². The molecule has 92 valence electrons. The molecule has 1 aromatic rings. The molecule has 1 N–H and O–H groups in total. The molecular weight excluding hydrogens is 232 g/mol. The third-order valence-electron chi connectivity index (χ3n) is 3.72. The third-order valence-corrected chi connectivity index (χ3v) is 4.96. The monoisotopic (exact) mass is 250 g/mol. The molecule has 0 bridgehead atoms. The van der Waals surface area contributed by atoms with Crippen LogP contribution < -0.4 is 4.74 Å². The Balaban J connectivity index is 1.61. The summed E-state index contributed by atoms with van der Waals surface area (Å²) in [5.41, 5.74) is 2.74. The number of benzene rings is 1. The maximum atomic E-state index is 9.78. The van der Waals surface area contributed by atoms with Crippen molar-refractivity contribution in [3.8, 4) is 5.75 Å². The predicted molar refractivity (Wildman–Crippen MR) is 70.8 cm³/mol. The molecule has 2 aliphatic heterocycles. The molecule has 2 atom stereocenters. The molecule has 17 heavy (non-hydrogen) atoms. The molecule has 2 aliphatic rings. The predicted octanol–water partition coefficient (Wildman–Crippen LogP) is 2.28. The van der Waals surface area contributed by atoms with E-state index in [1.807, 2.05) is 11.8 Å². The van der Waals surface area contributed by atoms with Crippen molar-refractivity contribution in [3.63, 3.8) is 0 Å². The zero-order valence-corrected chi connectivity index (χ0v) is 10.7. The lowest BCUT2D eigenvalue weighted by atomic mass is 9.96. The van der Waals surface area contributed by atoms with Crippen LogP contribution in [0.3, 0.4) is 0 Å². The summed E-state index contributed by atoms with van der Waals surface area (Å²) < 4.78 is 5.51. The second-order valence-corrected chi connectivity index (χ2v) is 6.02. The Labute approximate surface area is 106 Å². The Morgan fingerprint density at radius 2 is 2.29 bits per heavy atom. The molecule has 0 amide bonds. The first-order chi connectivity index (χ1) is 8.33. The van der Waals surface area contributed by atoms with Crippen molar-refractivity contribution in [1.29, 1.82) is 0 Å². The van der Waals surface area contributed by atoms with E-state index in [2.05, 4.69) is 18.2 Å². The van der Waals surface area contributed by atoms with Gasteiger partial charge >= 0.3 is 0 Å². The van der Waals surface area contributed by atoms with Gasteiger partial charge in [0, 0.05) is 12.2 Å². The van der Waals surface area contributed by atoms with E-state index in [1.165, 1.54) is 11.1 Å². The molecule has 0 spiro atoms. The van der Waals surface area contributed by atoms with E-state index in [9.17, 15) is 5.11 Å². The van der Waals surface area contributed by atoms with Crippen molar-refractivity contribution in [3.05, 3.63) is 29.3 Å². The normalized spacial score (nSPS) is 26.9. The van der Waals surface area contributed by atoms with Crippen LogP contribution in [0.2, 0.25) is 0 Å². The number of hydrogen-bond donors (Lipinski definition) is 1. The second kappa shape index (κ2) is 4.91. The minimum Gasteiger partial charge on any atom is -0.493 e. The summed E-state index contributed by atoms with van der Waals surface area (Å²) in [6, 6.07) is 6.53. The molecule has 0 aromatic heterocycles. The minimum atomic E-state index is -0.0854. The lowest BCUT2D eigenvalue weighted by Crippen LogP contribution is -2.18.